The van der Waals surface area contributed by atoms with Gasteiger partial charge in [-0.2, -0.15) is 0 Å². The van der Waals surface area contributed by atoms with Crippen molar-refractivity contribution in [1.82, 2.24) is 10.6 Å². The fraction of sp³-hybridized carbons (Fsp3) is 0.568. The van der Waals surface area contributed by atoms with Crippen LogP contribution in [0.3, 0.4) is 0 Å². The molecule has 0 atom stereocenters. The number of nitrogens with one attached hydrogen (secondary N) is 3. The zero-order valence-electron chi connectivity index (χ0n) is 30.8. The Bertz CT molecular complexity index is 1470. The lowest BCUT2D eigenvalue weighted by molar-refractivity contribution is -0.143. The van der Waals surface area contributed by atoms with Crippen molar-refractivity contribution in [2.24, 2.45) is 0 Å². The molecule has 0 saturated heterocycles. The molecular weight excluding hydrogens is 726 g/mol. The minimum absolute atomic E-state index is 0.0781. The third-order valence-corrected chi connectivity index (χ3v) is 9.04. The van der Waals surface area contributed by atoms with Crippen LogP contribution in [-0.4, -0.2) is 115 Å². The second-order valence-corrected chi connectivity index (χ2v) is 13.8. The number of aliphatic carboxylic acids is 2. The number of sulfonamides is 1. The Kier molecular flexibility index (Phi) is 23.9. The average Bonchev–Trinajstić information content (AvgIpc) is 3.14. The van der Waals surface area contributed by atoms with Gasteiger partial charge in [-0.1, -0.05) is 44.9 Å². The number of benzene rings is 2. The van der Waals surface area contributed by atoms with E-state index in [4.69, 9.17) is 33.9 Å². The number of carbonyl (C=O) groups excluding carboxylic acids is 2. The Morgan fingerprint density at radius 2 is 1.09 bits per heavy atom. The summed E-state index contributed by atoms with van der Waals surface area (Å²) in [6, 6.07) is 12.2. The number of ether oxygens (including phenoxy) is 5. The first kappa shape index (κ1) is 45.9. The molecule has 0 saturated carbocycles. The highest BCUT2D eigenvalue weighted by atomic mass is 32.2. The summed E-state index contributed by atoms with van der Waals surface area (Å²) in [5.74, 6) is -1.87. The molecule has 0 aliphatic heterocycles. The van der Waals surface area contributed by atoms with Gasteiger partial charge in [-0.05, 0) is 61.4 Å². The van der Waals surface area contributed by atoms with Crippen LogP contribution in [0, 0.1) is 0 Å². The van der Waals surface area contributed by atoms with E-state index in [-0.39, 0.29) is 89.1 Å². The Balaban J connectivity index is 1.52. The van der Waals surface area contributed by atoms with Crippen LogP contribution in [0.1, 0.15) is 74.6 Å². The van der Waals surface area contributed by atoms with E-state index in [2.05, 4.69) is 15.4 Å². The molecule has 54 heavy (non-hydrogen) atoms. The Labute approximate surface area is 317 Å². The average molecular weight is 782 g/mol. The summed E-state index contributed by atoms with van der Waals surface area (Å²) in [6.45, 7) is 1.73. The van der Waals surface area contributed by atoms with Crippen LogP contribution in [0.2, 0.25) is 0 Å². The number of carbonyl (C=O) groups is 4. The standard InChI is InChI=1S/C37H55N3O13S/c41-34(38-19-22-49-25-27-52-29-36(44)45)28-51-26-24-50-23-20-39-37(46)30-11-13-31(14-12-30)40-54(47,48)33-17-15-32(16-18-33)53-21-9-7-5-3-1-2-4-6-8-10-35(42)43/h11-18,40H,1-10,19-29H2,(H,38,41)(H,39,46)(H,42,43)(H,44,45). The number of rotatable bonds is 33. The molecule has 16 nitrogen and oxygen atoms in total. The Morgan fingerprint density at radius 3 is 1.69 bits per heavy atom. The Morgan fingerprint density at radius 1 is 0.556 bits per heavy atom. The molecule has 0 aliphatic carbocycles. The van der Waals surface area contributed by atoms with Crippen LogP contribution < -0.4 is 20.1 Å². The van der Waals surface area contributed by atoms with E-state index < -0.39 is 22.0 Å². The molecule has 0 aromatic heterocycles. The van der Waals surface area contributed by atoms with E-state index in [1.807, 2.05) is 0 Å². The molecule has 2 rings (SSSR count). The van der Waals surface area contributed by atoms with Crippen molar-refractivity contribution < 1.29 is 61.5 Å². The van der Waals surface area contributed by atoms with Gasteiger partial charge in [0.25, 0.3) is 15.9 Å². The van der Waals surface area contributed by atoms with Crippen LogP contribution in [0.15, 0.2) is 53.4 Å². The molecule has 0 heterocycles. The molecule has 0 bridgehead atoms. The summed E-state index contributed by atoms with van der Waals surface area (Å²) < 4.78 is 54.8. The maximum Gasteiger partial charge on any atom is 0.329 e. The second-order valence-electron chi connectivity index (χ2n) is 12.2. The van der Waals surface area contributed by atoms with Gasteiger partial charge in [-0.15, -0.1) is 0 Å². The lowest BCUT2D eigenvalue weighted by Crippen LogP contribution is -2.31. The number of carboxylic acids is 2. The summed E-state index contributed by atoms with van der Waals surface area (Å²) >= 11 is 0. The van der Waals surface area contributed by atoms with Crippen molar-refractivity contribution in [2.75, 3.05) is 77.3 Å². The molecule has 2 amide bonds. The number of carboxylic acid groups (broad SMARTS) is 2. The van der Waals surface area contributed by atoms with Crippen LogP contribution in [0.5, 0.6) is 5.75 Å². The van der Waals surface area contributed by atoms with Crippen LogP contribution in [-0.2, 0) is 43.4 Å². The minimum atomic E-state index is -3.86. The normalized spacial score (nSPS) is 11.2. The molecule has 302 valence electrons. The topological polar surface area (TPSA) is 225 Å². The number of hydrogen-bond acceptors (Lipinski definition) is 11. The molecule has 0 fully saturated rings. The fourth-order valence-electron chi connectivity index (χ4n) is 4.84. The van der Waals surface area contributed by atoms with Crippen molar-refractivity contribution in [3.05, 3.63) is 54.1 Å². The summed E-state index contributed by atoms with van der Waals surface area (Å²) in [7, 11) is -3.86. The predicted octanol–water partition coefficient (Wildman–Crippen LogP) is 3.85. The first-order valence-electron chi connectivity index (χ1n) is 18.2. The maximum atomic E-state index is 12.9. The smallest absolute Gasteiger partial charge is 0.329 e. The van der Waals surface area contributed by atoms with E-state index in [1.165, 1.54) is 36.4 Å². The van der Waals surface area contributed by atoms with Gasteiger partial charge in [0.1, 0.15) is 19.0 Å². The van der Waals surface area contributed by atoms with Gasteiger partial charge in [0.15, 0.2) is 0 Å². The SMILES string of the molecule is O=C(O)CCCCCCCCCCCOc1ccc(S(=O)(=O)Nc2ccc(C(=O)NCCOCCOCC(=O)NCCOCCOCC(=O)O)cc2)cc1. The van der Waals surface area contributed by atoms with E-state index in [9.17, 15) is 27.6 Å². The molecular formula is C37H55N3O13S. The van der Waals surface area contributed by atoms with Crippen molar-refractivity contribution in [3.63, 3.8) is 0 Å². The molecule has 0 radical (unpaired) electrons. The second kappa shape index (κ2) is 28.2. The number of unbranched alkanes of at least 4 members (excludes halogenated alkanes) is 8. The highest BCUT2D eigenvalue weighted by Crippen LogP contribution is 2.20. The van der Waals surface area contributed by atoms with Crippen molar-refractivity contribution >= 4 is 39.5 Å². The zero-order chi connectivity index (χ0) is 39.3. The van der Waals surface area contributed by atoms with Gasteiger partial charge >= 0.3 is 11.9 Å². The molecule has 2 aromatic carbocycles. The highest BCUT2D eigenvalue weighted by Gasteiger charge is 2.15. The van der Waals surface area contributed by atoms with E-state index in [0.29, 0.717) is 23.6 Å². The van der Waals surface area contributed by atoms with Gasteiger partial charge in [-0.25, -0.2) is 13.2 Å². The molecule has 0 spiro atoms. The van der Waals surface area contributed by atoms with Crippen molar-refractivity contribution in [1.29, 1.82) is 0 Å². The maximum absolute atomic E-state index is 12.9. The predicted molar refractivity (Wildman–Crippen MR) is 199 cm³/mol. The van der Waals surface area contributed by atoms with Gasteiger partial charge in [0.2, 0.25) is 5.91 Å². The number of hydrogen-bond donors (Lipinski definition) is 5. The van der Waals surface area contributed by atoms with Crippen LogP contribution in [0.4, 0.5) is 5.69 Å². The van der Waals surface area contributed by atoms with Crippen molar-refractivity contribution in [2.45, 2.75) is 69.1 Å². The zero-order valence-corrected chi connectivity index (χ0v) is 31.6. The van der Waals surface area contributed by atoms with Crippen LogP contribution in [0.25, 0.3) is 0 Å². The third-order valence-electron chi connectivity index (χ3n) is 7.64. The lowest BCUT2D eigenvalue weighted by Gasteiger charge is -2.11. The summed E-state index contributed by atoms with van der Waals surface area (Å²) in [5.41, 5.74) is 0.645. The largest absolute Gasteiger partial charge is 0.494 e. The molecule has 17 heteroatoms. The Hall–Kier alpha value is -4.29. The third kappa shape index (κ3) is 22.7. The summed E-state index contributed by atoms with van der Waals surface area (Å²) in [4.78, 5) is 45.1. The molecule has 5 N–H and O–H groups in total. The van der Waals surface area contributed by atoms with E-state index >= 15 is 0 Å². The number of anilines is 1. The summed E-state index contributed by atoms with van der Waals surface area (Å²) in [5, 5.41) is 22.4. The van der Waals surface area contributed by atoms with Gasteiger partial charge in [0.05, 0.1) is 51.1 Å². The summed E-state index contributed by atoms with van der Waals surface area (Å²) in [6.07, 6.45) is 9.53. The fourth-order valence-corrected chi connectivity index (χ4v) is 5.90. The molecule has 2 aromatic rings. The lowest BCUT2D eigenvalue weighted by atomic mass is 10.1. The number of amides is 2. The van der Waals surface area contributed by atoms with E-state index in [0.717, 1.165) is 57.8 Å². The molecule has 0 unspecified atom stereocenters. The first-order chi connectivity index (χ1) is 26.1. The van der Waals surface area contributed by atoms with Gasteiger partial charge < -0.3 is 44.5 Å². The van der Waals surface area contributed by atoms with Gasteiger partial charge in [0, 0.05) is 30.8 Å². The first-order valence-corrected chi connectivity index (χ1v) is 19.7. The van der Waals surface area contributed by atoms with Crippen LogP contribution >= 0.6 is 0 Å². The van der Waals surface area contributed by atoms with E-state index in [1.54, 1.807) is 12.1 Å². The monoisotopic (exact) mass is 781 g/mol. The quantitative estimate of drug-likeness (QED) is 0.0650. The van der Waals surface area contributed by atoms with Gasteiger partial charge in [-0.3, -0.25) is 19.1 Å². The highest BCUT2D eigenvalue weighted by molar-refractivity contribution is 7.92. The van der Waals surface area contributed by atoms with Crippen molar-refractivity contribution in [3.8, 4) is 5.75 Å². The molecule has 0 aliphatic rings. The minimum Gasteiger partial charge on any atom is -0.494 e.